The molecule has 1 aromatic rings. The fourth-order valence-corrected chi connectivity index (χ4v) is 2.86. The average Bonchev–Trinajstić information content (AvgIpc) is 2.45. The number of carbonyl (C=O) groups excluding carboxylic acids is 1. The number of benzene rings is 1. The number of hydrogen-bond acceptors (Lipinski definition) is 3. The third kappa shape index (κ3) is 2.73. The van der Waals surface area contributed by atoms with Gasteiger partial charge in [0.15, 0.2) is 0 Å². The summed E-state index contributed by atoms with van der Waals surface area (Å²) in [7, 11) is 3.40. The highest BCUT2D eigenvalue weighted by Gasteiger charge is 2.30. The van der Waals surface area contributed by atoms with Crippen LogP contribution in [0.3, 0.4) is 0 Å². The summed E-state index contributed by atoms with van der Waals surface area (Å²) in [5, 5.41) is 3.17. The summed E-state index contributed by atoms with van der Waals surface area (Å²) in [5.41, 5.74) is 3.92. The molecule has 1 aliphatic heterocycles. The first kappa shape index (κ1) is 13.9. The Labute approximate surface area is 114 Å². The van der Waals surface area contributed by atoms with E-state index in [0.29, 0.717) is 0 Å². The number of methoxy groups -OCH3 is 1. The SMILES string of the molecule is CCC1c2ccc(CNC)cc2CCN1C(=O)OC. The summed E-state index contributed by atoms with van der Waals surface area (Å²) >= 11 is 0. The normalized spacial score (nSPS) is 18.1. The summed E-state index contributed by atoms with van der Waals surface area (Å²) in [5.74, 6) is 0. The van der Waals surface area contributed by atoms with Crippen molar-refractivity contribution < 1.29 is 9.53 Å². The first-order valence-electron chi connectivity index (χ1n) is 6.82. The number of hydrogen-bond donors (Lipinski definition) is 1. The molecule has 1 N–H and O–H groups in total. The van der Waals surface area contributed by atoms with Gasteiger partial charge >= 0.3 is 6.09 Å². The summed E-state index contributed by atoms with van der Waals surface area (Å²) in [4.78, 5) is 13.6. The predicted molar refractivity (Wildman–Crippen MR) is 75.1 cm³/mol. The van der Waals surface area contributed by atoms with E-state index in [1.54, 1.807) is 0 Å². The molecule has 0 radical (unpaired) electrons. The third-order valence-electron chi connectivity index (χ3n) is 3.74. The number of ether oxygens (including phenoxy) is 1. The van der Waals surface area contributed by atoms with E-state index in [9.17, 15) is 4.79 Å². The van der Waals surface area contributed by atoms with Crippen molar-refractivity contribution in [3.63, 3.8) is 0 Å². The van der Waals surface area contributed by atoms with Gasteiger partial charge in [0.05, 0.1) is 13.2 Å². The van der Waals surface area contributed by atoms with Crippen molar-refractivity contribution in [1.29, 1.82) is 0 Å². The van der Waals surface area contributed by atoms with Crippen LogP contribution in [0.1, 0.15) is 36.1 Å². The van der Waals surface area contributed by atoms with Crippen LogP contribution in [0, 0.1) is 0 Å². The molecule has 0 aromatic heterocycles. The van der Waals surface area contributed by atoms with Crippen molar-refractivity contribution in [2.24, 2.45) is 0 Å². The van der Waals surface area contributed by atoms with Gasteiger partial charge in [0.25, 0.3) is 0 Å². The molecule has 4 heteroatoms. The van der Waals surface area contributed by atoms with Crippen molar-refractivity contribution in [3.8, 4) is 0 Å². The number of rotatable bonds is 3. The number of nitrogens with one attached hydrogen (secondary N) is 1. The molecule has 104 valence electrons. The van der Waals surface area contributed by atoms with Crippen LogP contribution >= 0.6 is 0 Å². The molecule has 1 atom stereocenters. The lowest BCUT2D eigenvalue weighted by Crippen LogP contribution is -2.39. The topological polar surface area (TPSA) is 41.6 Å². The molecule has 2 rings (SSSR count). The lowest BCUT2D eigenvalue weighted by Gasteiger charge is -2.36. The van der Waals surface area contributed by atoms with Crippen LogP contribution in [0.4, 0.5) is 4.79 Å². The Morgan fingerprint density at radius 2 is 2.32 bits per heavy atom. The van der Waals surface area contributed by atoms with E-state index in [1.165, 1.54) is 23.8 Å². The Bertz CT molecular complexity index is 459. The second-order valence-corrected chi connectivity index (χ2v) is 4.90. The van der Waals surface area contributed by atoms with E-state index in [1.807, 2.05) is 11.9 Å². The Morgan fingerprint density at radius 3 is 2.95 bits per heavy atom. The van der Waals surface area contributed by atoms with Gasteiger partial charge in [-0.3, -0.25) is 0 Å². The lowest BCUT2D eigenvalue weighted by atomic mass is 9.90. The zero-order valence-electron chi connectivity index (χ0n) is 11.9. The van der Waals surface area contributed by atoms with E-state index in [2.05, 4.69) is 30.4 Å². The Hall–Kier alpha value is -1.55. The van der Waals surface area contributed by atoms with Crippen LogP contribution in [0.2, 0.25) is 0 Å². The van der Waals surface area contributed by atoms with E-state index in [-0.39, 0.29) is 12.1 Å². The highest BCUT2D eigenvalue weighted by atomic mass is 16.5. The predicted octanol–water partition coefficient (Wildman–Crippen LogP) is 2.48. The van der Waals surface area contributed by atoms with Gasteiger partial charge in [-0.05, 0) is 36.6 Å². The molecule has 0 bridgehead atoms. The van der Waals surface area contributed by atoms with E-state index in [0.717, 1.165) is 25.9 Å². The van der Waals surface area contributed by atoms with Gasteiger partial charge in [-0.25, -0.2) is 4.79 Å². The van der Waals surface area contributed by atoms with E-state index in [4.69, 9.17) is 4.74 Å². The number of fused-ring (bicyclic) bond motifs is 1. The zero-order valence-corrected chi connectivity index (χ0v) is 11.9. The van der Waals surface area contributed by atoms with Gasteiger partial charge in [0.2, 0.25) is 0 Å². The molecule has 1 aliphatic rings. The lowest BCUT2D eigenvalue weighted by molar-refractivity contribution is 0.0995. The second-order valence-electron chi connectivity index (χ2n) is 4.90. The van der Waals surface area contributed by atoms with Gasteiger partial charge < -0.3 is 15.0 Å². The van der Waals surface area contributed by atoms with Crippen molar-refractivity contribution in [2.45, 2.75) is 32.4 Å². The van der Waals surface area contributed by atoms with Crippen LogP contribution in [-0.2, 0) is 17.7 Å². The number of nitrogens with zero attached hydrogens (tertiary/aromatic N) is 1. The smallest absolute Gasteiger partial charge is 0.410 e. The molecular weight excluding hydrogens is 240 g/mol. The van der Waals surface area contributed by atoms with E-state index < -0.39 is 0 Å². The molecular formula is C15H22N2O2. The van der Waals surface area contributed by atoms with Crippen LogP contribution in [0.5, 0.6) is 0 Å². The maximum Gasteiger partial charge on any atom is 0.410 e. The Morgan fingerprint density at radius 1 is 1.53 bits per heavy atom. The molecule has 0 saturated carbocycles. The number of carbonyl (C=O) groups is 1. The standard InChI is InChI=1S/C15H22N2O2/c1-4-14-13-6-5-11(10-16-2)9-12(13)7-8-17(14)15(18)19-3/h5-6,9,14,16H,4,7-8,10H2,1-3H3. The van der Waals surface area contributed by atoms with Crippen LogP contribution in [0.25, 0.3) is 0 Å². The quantitative estimate of drug-likeness (QED) is 0.910. The molecule has 0 aliphatic carbocycles. The molecule has 19 heavy (non-hydrogen) atoms. The van der Waals surface area contributed by atoms with Crippen LogP contribution in [0.15, 0.2) is 18.2 Å². The number of amides is 1. The monoisotopic (exact) mass is 262 g/mol. The first-order valence-corrected chi connectivity index (χ1v) is 6.82. The summed E-state index contributed by atoms with van der Waals surface area (Å²) in [6, 6.07) is 6.69. The van der Waals surface area contributed by atoms with Crippen molar-refractivity contribution in [3.05, 3.63) is 34.9 Å². The van der Waals surface area contributed by atoms with Gasteiger partial charge in [-0.15, -0.1) is 0 Å². The van der Waals surface area contributed by atoms with Gasteiger partial charge in [0.1, 0.15) is 0 Å². The van der Waals surface area contributed by atoms with Crippen LogP contribution < -0.4 is 5.32 Å². The zero-order chi connectivity index (χ0) is 13.8. The minimum Gasteiger partial charge on any atom is -0.453 e. The Kier molecular flexibility index (Phi) is 4.43. The van der Waals surface area contributed by atoms with Crippen molar-refractivity contribution in [2.75, 3.05) is 20.7 Å². The van der Waals surface area contributed by atoms with Gasteiger partial charge in [-0.2, -0.15) is 0 Å². The molecule has 1 aromatic carbocycles. The van der Waals surface area contributed by atoms with E-state index >= 15 is 0 Å². The molecule has 1 amide bonds. The summed E-state index contributed by atoms with van der Waals surface area (Å²) < 4.78 is 4.88. The maximum absolute atomic E-state index is 11.8. The van der Waals surface area contributed by atoms with Crippen LogP contribution in [-0.4, -0.2) is 31.7 Å². The maximum atomic E-state index is 11.8. The van der Waals surface area contributed by atoms with Gasteiger partial charge in [0, 0.05) is 13.1 Å². The highest BCUT2D eigenvalue weighted by molar-refractivity contribution is 5.69. The fraction of sp³-hybridized carbons (Fsp3) is 0.533. The summed E-state index contributed by atoms with van der Waals surface area (Å²) in [6.07, 6.45) is 1.59. The Balaban J connectivity index is 2.30. The minimum absolute atomic E-state index is 0.139. The summed E-state index contributed by atoms with van der Waals surface area (Å²) in [6.45, 7) is 3.73. The first-order chi connectivity index (χ1) is 9.21. The van der Waals surface area contributed by atoms with Gasteiger partial charge in [-0.1, -0.05) is 25.1 Å². The molecule has 0 spiro atoms. The molecule has 0 saturated heterocycles. The average molecular weight is 262 g/mol. The third-order valence-corrected chi connectivity index (χ3v) is 3.74. The van der Waals surface area contributed by atoms with Crippen molar-refractivity contribution >= 4 is 6.09 Å². The fourth-order valence-electron chi connectivity index (χ4n) is 2.86. The molecule has 0 fully saturated rings. The highest BCUT2D eigenvalue weighted by Crippen LogP contribution is 2.33. The molecule has 1 unspecified atom stereocenters. The molecule has 4 nitrogen and oxygen atoms in total. The largest absolute Gasteiger partial charge is 0.453 e. The second kappa shape index (κ2) is 6.06. The minimum atomic E-state index is -0.225. The van der Waals surface area contributed by atoms with Crippen molar-refractivity contribution in [1.82, 2.24) is 10.2 Å². The molecule has 1 heterocycles.